The van der Waals surface area contributed by atoms with Crippen LogP contribution in [0.3, 0.4) is 0 Å². The fourth-order valence-corrected chi connectivity index (χ4v) is 5.80. The van der Waals surface area contributed by atoms with E-state index in [2.05, 4.69) is 25.7 Å². The quantitative estimate of drug-likeness (QED) is 0.325. The van der Waals surface area contributed by atoms with Gasteiger partial charge in [0.2, 0.25) is 9.84 Å². The van der Waals surface area contributed by atoms with E-state index in [0.29, 0.717) is 35.4 Å². The molecule has 1 unspecified atom stereocenters. The Morgan fingerprint density at radius 3 is 2.29 bits per heavy atom. The summed E-state index contributed by atoms with van der Waals surface area (Å²) < 4.78 is 38.8. The number of hydrogen-bond acceptors (Lipinski definition) is 6. The molecule has 0 spiro atoms. The standard InChI is InChI=1S/C27H37NO5S/c1-4-7-11-26-27(24-10-8-9-12-25(24)33-26)34(30,31)23-15-13-22(14-16-23)32-20-21(29)19-28(17-5-2)18-6-3/h8-10,12-16,21,29H,4-7,11,17-20H2,1-3H3. The Morgan fingerprint density at radius 1 is 0.971 bits per heavy atom. The zero-order chi connectivity index (χ0) is 24.6. The molecule has 0 fully saturated rings. The van der Waals surface area contributed by atoms with E-state index >= 15 is 0 Å². The number of aliphatic hydroxyl groups is 1. The molecule has 0 aliphatic heterocycles. The second-order valence-corrected chi connectivity index (χ2v) is 10.6. The predicted octanol–water partition coefficient (Wildman–Crippen LogP) is 5.47. The van der Waals surface area contributed by atoms with Crippen molar-refractivity contribution in [1.29, 1.82) is 0 Å². The zero-order valence-electron chi connectivity index (χ0n) is 20.5. The number of aliphatic hydroxyl groups excluding tert-OH is 1. The summed E-state index contributed by atoms with van der Waals surface area (Å²) in [4.78, 5) is 2.68. The van der Waals surface area contributed by atoms with Crippen LogP contribution >= 0.6 is 0 Å². The van der Waals surface area contributed by atoms with Crippen LogP contribution in [-0.4, -0.2) is 50.8 Å². The number of nitrogens with zero attached hydrogens (tertiary/aromatic N) is 1. The molecule has 0 radical (unpaired) electrons. The second kappa shape index (κ2) is 12.4. The number of ether oxygens (including phenoxy) is 1. The van der Waals surface area contributed by atoms with Crippen LogP contribution in [-0.2, 0) is 16.3 Å². The summed E-state index contributed by atoms with van der Waals surface area (Å²) in [6, 6.07) is 13.7. The van der Waals surface area contributed by atoms with Crippen LogP contribution in [0.5, 0.6) is 5.75 Å². The van der Waals surface area contributed by atoms with Crippen molar-refractivity contribution in [2.45, 2.75) is 68.8 Å². The van der Waals surface area contributed by atoms with Gasteiger partial charge in [-0.25, -0.2) is 8.42 Å². The fourth-order valence-electron chi connectivity index (χ4n) is 4.17. The van der Waals surface area contributed by atoms with E-state index in [0.717, 1.165) is 38.8 Å². The van der Waals surface area contributed by atoms with E-state index in [4.69, 9.17) is 9.15 Å². The highest BCUT2D eigenvalue weighted by molar-refractivity contribution is 7.91. The Kier molecular flexibility index (Phi) is 9.56. The lowest BCUT2D eigenvalue weighted by Crippen LogP contribution is -2.36. The molecule has 3 aromatic rings. The van der Waals surface area contributed by atoms with Crippen molar-refractivity contribution in [2.75, 3.05) is 26.2 Å². The van der Waals surface area contributed by atoms with Gasteiger partial charge in [-0.1, -0.05) is 39.3 Å². The highest BCUT2D eigenvalue weighted by Gasteiger charge is 2.27. The average molecular weight is 488 g/mol. The Balaban J connectivity index is 1.74. The molecule has 6 nitrogen and oxygen atoms in total. The SMILES string of the molecule is CCCCc1oc2ccccc2c1S(=O)(=O)c1ccc(OCC(O)CN(CCC)CCC)cc1. The van der Waals surface area contributed by atoms with E-state index in [-0.39, 0.29) is 16.4 Å². The lowest BCUT2D eigenvalue weighted by atomic mass is 10.2. The van der Waals surface area contributed by atoms with Gasteiger partial charge in [0.25, 0.3) is 0 Å². The van der Waals surface area contributed by atoms with Crippen molar-refractivity contribution in [2.24, 2.45) is 0 Å². The van der Waals surface area contributed by atoms with Gasteiger partial charge in [-0.2, -0.15) is 0 Å². The molecule has 1 heterocycles. The van der Waals surface area contributed by atoms with Gasteiger partial charge in [-0.15, -0.1) is 0 Å². The summed E-state index contributed by atoms with van der Waals surface area (Å²) in [6.07, 6.45) is 3.84. The zero-order valence-corrected chi connectivity index (χ0v) is 21.3. The Morgan fingerprint density at radius 2 is 1.65 bits per heavy atom. The third kappa shape index (κ3) is 6.40. The lowest BCUT2D eigenvalue weighted by Gasteiger charge is -2.24. The van der Waals surface area contributed by atoms with Gasteiger partial charge in [-0.05, 0) is 68.8 Å². The van der Waals surface area contributed by atoms with Gasteiger partial charge < -0.3 is 19.2 Å². The minimum Gasteiger partial charge on any atom is -0.491 e. The third-order valence-electron chi connectivity index (χ3n) is 5.77. The molecule has 0 amide bonds. The summed E-state index contributed by atoms with van der Waals surface area (Å²) in [7, 11) is -3.77. The molecule has 0 saturated heterocycles. The van der Waals surface area contributed by atoms with E-state index in [9.17, 15) is 13.5 Å². The number of fused-ring (bicyclic) bond motifs is 1. The van der Waals surface area contributed by atoms with E-state index in [1.54, 1.807) is 36.4 Å². The first-order valence-corrected chi connectivity index (χ1v) is 13.8. The van der Waals surface area contributed by atoms with Crippen LogP contribution in [0.15, 0.2) is 62.7 Å². The maximum absolute atomic E-state index is 13.6. The first kappa shape index (κ1) is 26.3. The molecule has 7 heteroatoms. The predicted molar refractivity (Wildman–Crippen MR) is 135 cm³/mol. The number of rotatable bonds is 14. The van der Waals surface area contributed by atoms with Crippen molar-refractivity contribution < 1.29 is 22.7 Å². The van der Waals surface area contributed by atoms with Gasteiger partial charge in [0.1, 0.15) is 34.7 Å². The van der Waals surface area contributed by atoms with Crippen LogP contribution in [0.1, 0.15) is 52.2 Å². The normalized spacial score (nSPS) is 13.0. The summed E-state index contributed by atoms with van der Waals surface area (Å²) in [5.74, 6) is 1.04. The van der Waals surface area contributed by atoms with Crippen LogP contribution < -0.4 is 4.74 Å². The summed E-state index contributed by atoms with van der Waals surface area (Å²) in [5.41, 5.74) is 0.585. The number of para-hydroxylation sites is 1. The first-order valence-electron chi connectivity index (χ1n) is 12.3. The smallest absolute Gasteiger partial charge is 0.210 e. The number of unbranched alkanes of at least 4 members (excludes halogenated alkanes) is 1. The third-order valence-corrected chi connectivity index (χ3v) is 7.65. The van der Waals surface area contributed by atoms with Gasteiger partial charge in [0.15, 0.2) is 0 Å². The number of furan rings is 1. The molecule has 3 rings (SSSR count). The Labute approximate surface area is 203 Å². The van der Waals surface area contributed by atoms with Crippen molar-refractivity contribution >= 4 is 20.8 Å². The van der Waals surface area contributed by atoms with E-state index in [1.807, 2.05) is 12.1 Å². The van der Waals surface area contributed by atoms with E-state index < -0.39 is 15.9 Å². The molecular formula is C27H37NO5S. The Hall–Kier alpha value is -2.35. The second-order valence-electron chi connectivity index (χ2n) is 8.69. The number of aryl methyl sites for hydroxylation is 1. The highest BCUT2D eigenvalue weighted by atomic mass is 32.2. The molecule has 1 aromatic heterocycles. The van der Waals surface area contributed by atoms with Crippen molar-refractivity contribution in [3.05, 3.63) is 54.3 Å². The summed E-state index contributed by atoms with van der Waals surface area (Å²) in [5, 5.41) is 11.0. The van der Waals surface area contributed by atoms with E-state index in [1.165, 1.54) is 0 Å². The van der Waals surface area contributed by atoms with Gasteiger partial charge in [0, 0.05) is 18.4 Å². The fraction of sp³-hybridized carbons (Fsp3) is 0.481. The first-order chi connectivity index (χ1) is 16.4. The number of sulfone groups is 1. The summed E-state index contributed by atoms with van der Waals surface area (Å²) >= 11 is 0. The van der Waals surface area contributed by atoms with Crippen molar-refractivity contribution in [3.8, 4) is 5.75 Å². The van der Waals surface area contributed by atoms with Crippen LogP contribution in [0.25, 0.3) is 11.0 Å². The minimum absolute atomic E-state index is 0.156. The molecule has 1 N–H and O–H groups in total. The molecule has 0 bridgehead atoms. The molecule has 0 aliphatic rings. The molecule has 2 aromatic carbocycles. The molecule has 34 heavy (non-hydrogen) atoms. The molecule has 186 valence electrons. The Bertz CT molecular complexity index is 1130. The minimum atomic E-state index is -3.77. The van der Waals surface area contributed by atoms with Crippen LogP contribution in [0, 0.1) is 0 Å². The number of benzene rings is 2. The maximum Gasteiger partial charge on any atom is 0.210 e. The van der Waals surface area contributed by atoms with Gasteiger partial charge in [0.05, 0.1) is 4.90 Å². The highest BCUT2D eigenvalue weighted by Crippen LogP contribution is 2.35. The van der Waals surface area contributed by atoms with Crippen molar-refractivity contribution in [1.82, 2.24) is 4.90 Å². The molecular weight excluding hydrogens is 450 g/mol. The van der Waals surface area contributed by atoms with Crippen LogP contribution in [0.4, 0.5) is 0 Å². The topological polar surface area (TPSA) is 80.0 Å². The maximum atomic E-state index is 13.6. The largest absolute Gasteiger partial charge is 0.491 e. The molecule has 1 atom stereocenters. The van der Waals surface area contributed by atoms with Crippen LogP contribution in [0.2, 0.25) is 0 Å². The average Bonchev–Trinajstić information content (AvgIpc) is 3.21. The summed E-state index contributed by atoms with van der Waals surface area (Å²) in [6.45, 7) is 8.92. The number of hydrogen-bond donors (Lipinski definition) is 1. The molecule has 0 aliphatic carbocycles. The lowest BCUT2D eigenvalue weighted by molar-refractivity contribution is 0.0681. The molecule has 0 saturated carbocycles. The monoisotopic (exact) mass is 487 g/mol. The van der Waals surface area contributed by atoms with Gasteiger partial charge in [-0.3, -0.25) is 0 Å². The van der Waals surface area contributed by atoms with Gasteiger partial charge >= 0.3 is 0 Å². The van der Waals surface area contributed by atoms with Crippen molar-refractivity contribution in [3.63, 3.8) is 0 Å².